The summed E-state index contributed by atoms with van der Waals surface area (Å²) in [6.45, 7) is 6.30. The lowest BCUT2D eigenvalue weighted by Crippen LogP contribution is -2.27. The zero-order valence-electron chi connectivity index (χ0n) is 11.9. The molecule has 1 saturated heterocycles. The highest BCUT2D eigenvalue weighted by Gasteiger charge is 2.12. The molecule has 106 valence electrons. The summed E-state index contributed by atoms with van der Waals surface area (Å²) in [7, 11) is 0. The van der Waals surface area contributed by atoms with Crippen LogP contribution in [0.2, 0.25) is 5.02 Å². The fraction of sp³-hybridized carbons (Fsp3) is 0.625. The lowest BCUT2D eigenvalue weighted by atomic mass is 10.1. The maximum atomic E-state index is 6.47. The summed E-state index contributed by atoms with van der Waals surface area (Å²) in [5.41, 5.74) is 2.48. The summed E-state index contributed by atoms with van der Waals surface area (Å²) in [5, 5.41) is 4.24. The number of nitrogens with zero attached hydrogens (tertiary/aromatic N) is 1. The Morgan fingerprint density at radius 1 is 1.11 bits per heavy atom. The molecule has 1 aromatic rings. The van der Waals surface area contributed by atoms with Gasteiger partial charge < -0.3 is 10.2 Å². The lowest BCUT2D eigenvalue weighted by molar-refractivity contribution is 0.556. The number of halogens is 1. The van der Waals surface area contributed by atoms with Crippen LogP contribution in [0.1, 0.15) is 44.6 Å². The molecule has 2 nitrogen and oxygen atoms in total. The van der Waals surface area contributed by atoms with E-state index in [1.807, 2.05) is 0 Å². The summed E-state index contributed by atoms with van der Waals surface area (Å²) >= 11 is 6.47. The molecule has 0 radical (unpaired) electrons. The Bertz CT molecular complexity index is 384. The maximum Gasteiger partial charge on any atom is 0.0642 e. The Morgan fingerprint density at radius 2 is 1.79 bits per heavy atom. The second-order valence-corrected chi connectivity index (χ2v) is 5.73. The number of hydrogen-bond acceptors (Lipinski definition) is 2. The van der Waals surface area contributed by atoms with Crippen LogP contribution in [0.15, 0.2) is 18.2 Å². The van der Waals surface area contributed by atoms with Gasteiger partial charge in [0.05, 0.1) is 10.7 Å². The van der Waals surface area contributed by atoms with E-state index in [0.717, 1.165) is 31.2 Å². The van der Waals surface area contributed by atoms with Gasteiger partial charge in [0.15, 0.2) is 0 Å². The first-order chi connectivity index (χ1) is 9.31. The van der Waals surface area contributed by atoms with Gasteiger partial charge in [0.2, 0.25) is 0 Å². The van der Waals surface area contributed by atoms with Crippen molar-refractivity contribution in [1.82, 2.24) is 5.32 Å². The molecular weight excluding hydrogens is 256 g/mol. The van der Waals surface area contributed by atoms with Gasteiger partial charge in [-0.25, -0.2) is 0 Å². The largest absolute Gasteiger partial charge is 0.370 e. The Kier molecular flexibility index (Phi) is 5.99. The summed E-state index contributed by atoms with van der Waals surface area (Å²) in [6.07, 6.45) is 6.67. The molecule has 19 heavy (non-hydrogen) atoms. The van der Waals surface area contributed by atoms with Crippen molar-refractivity contribution >= 4 is 17.3 Å². The zero-order chi connectivity index (χ0) is 13.5. The summed E-state index contributed by atoms with van der Waals surface area (Å²) in [6, 6.07) is 6.50. The van der Waals surface area contributed by atoms with Gasteiger partial charge in [-0.05, 0) is 37.1 Å². The van der Waals surface area contributed by atoms with Crippen LogP contribution < -0.4 is 10.2 Å². The van der Waals surface area contributed by atoms with E-state index in [-0.39, 0.29) is 0 Å². The zero-order valence-corrected chi connectivity index (χ0v) is 12.7. The normalized spacial score (nSPS) is 17.1. The van der Waals surface area contributed by atoms with Crippen molar-refractivity contribution in [2.75, 3.05) is 24.5 Å². The second-order valence-electron chi connectivity index (χ2n) is 5.32. The Balaban J connectivity index is 2.05. The predicted molar refractivity (Wildman–Crippen MR) is 84.1 cm³/mol. The van der Waals surface area contributed by atoms with Gasteiger partial charge in [0, 0.05) is 19.6 Å². The molecule has 1 aromatic carbocycles. The van der Waals surface area contributed by atoms with E-state index < -0.39 is 0 Å². The van der Waals surface area contributed by atoms with Crippen molar-refractivity contribution in [3.05, 3.63) is 28.8 Å². The number of hydrogen-bond donors (Lipinski definition) is 1. The molecule has 1 fully saturated rings. The Morgan fingerprint density at radius 3 is 2.42 bits per heavy atom. The minimum Gasteiger partial charge on any atom is -0.370 e. The van der Waals surface area contributed by atoms with Crippen molar-refractivity contribution in [1.29, 1.82) is 0 Å². The van der Waals surface area contributed by atoms with Gasteiger partial charge in [-0.1, -0.05) is 43.9 Å². The molecule has 0 spiro atoms. The van der Waals surface area contributed by atoms with Gasteiger partial charge in [0.1, 0.15) is 0 Å². The SMILES string of the molecule is CCNCc1ccc(N2CCCCCCC2)c(Cl)c1. The van der Waals surface area contributed by atoms with Crippen LogP contribution in [0.25, 0.3) is 0 Å². The van der Waals surface area contributed by atoms with E-state index in [1.54, 1.807) is 0 Å². The molecule has 1 aliphatic heterocycles. The van der Waals surface area contributed by atoms with E-state index >= 15 is 0 Å². The van der Waals surface area contributed by atoms with Crippen LogP contribution in [-0.4, -0.2) is 19.6 Å². The molecule has 1 heterocycles. The molecule has 0 saturated carbocycles. The third-order valence-electron chi connectivity index (χ3n) is 3.79. The molecule has 0 aliphatic carbocycles. The van der Waals surface area contributed by atoms with Gasteiger partial charge >= 0.3 is 0 Å². The van der Waals surface area contributed by atoms with Crippen LogP contribution in [0.4, 0.5) is 5.69 Å². The first-order valence-electron chi connectivity index (χ1n) is 7.55. The molecule has 0 unspecified atom stereocenters. The van der Waals surface area contributed by atoms with Crippen LogP contribution in [0.3, 0.4) is 0 Å². The standard InChI is InChI=1S/C16H25ClN2/c1-2-18-13-14-8-9-16(15(17)12-14)19-10-6-4-3-5-7-11-19/h8-9,12,18H,2-7,10-11,13H2,1H3. The highest BCUT2D eigenvalue weighted by molar-refractivity contribution is 6.33. The van der Waals surface area contributed by atoms with Crippen molar-refractivity contribution in [3.63, 3.8) is 0 Å². The van der Waals surface area contributed by atoms with Crippen LogP contribution in [-0.2, 0) is 6.54 Å². The molecular formula is C16H25ClN2. The second kappa shape index (κ2) is 7.76. The van der Waals surface area contributed by atoms with E-state index in [0.29, 0.717) is 0 Å². The molecule has 0 bridgehead atoms. The van der Waals surface area contributed by atoms with E-state index in [1.165, 1.54) is 43.4 Å². The highest BCUT2D eigenvalue weighted by Crippen LogP contribution is 2.28. The van der Waals surface area contributed by atoms with Gasteiger partial charge in [0.25, 0.3) is 0 Å². The van der Waals surface area contributed by atoms with Gasteiger partial charge in [-0.2, -0.15) is 0 Å². The lowest BCUT2D eigenvalue weighted by Gasteiger charge is -2.28. The molecule has 0 aromatic heterocycles. The van der Waals surface area contributed by atoms with Crippen molar-refractivity contribution in [2.24, 2.45) is 0 Å². The monoisotopic (exact) mass is 280 g/mol. The Hall–Kier alpha value is -0.730. The van der Waals surface area contributed by atoms with E-state index in [2.05, 4.69) is 35.3 Å². The number of rotatable bonds is 4. The first kappa shape index (κ1) is 14.7. The number of benzene rings is 1. The molecule has 2 rings (SSSR count). The average molecular weight is 281 g/mol. The van der Waals surface area contributed by atoms with Crippen LogP contribution in [0, 0.1) is 0 Å². The fourth-order valence-electron chi connectivity index (χ4n) is 2.67. The van der Waals surface area contributed by atoms with Crippen molar-refractivity contribution < 1.29 is 0 Å². The molecule has 1 aliphatic rings. The summed E-state index contributed by atoms with van der Waals surface area (Å²) in [4.78, 5) is 2.46. The van der Waals surface area contributed by atoms with E-state index in [9.17, 15) is 0 Å². The molecule has 3 heteroatoms. The topological polar surface area (TPSA) is 15.3 Å². The average Bonchev–Trinajstić information content (AvgIpc) is 2.37. The molecule has 0 atom stereocenters. The summed E-state index contributed by atoms with van der Waals surface area (Å²) < 4.78 is 0. The molecule has 1 N–H and O–H groups in total. The maximum absolute atomic E-state index is 6.47. The number of nitrogens with one attached hydrogen (secondary N) is 1. The minimum absolute atomic E-state index is 0.899. The first-order valence-corrected chi connectivity index (χ1v) is 7.93. The predicted octanol–water partition coefficient (Wildman–Crippen LogP) is 4.22. The Labute approximate surface area is 122 Å². The molecule has 0 amide bonds. The quantitative estimate of drug-likeness (QED) is 0.888. The van der Waals surface area contributed by atoms with E-state index in [4.69, 9.17) is 11.6 Å². The third kappa shape index (κ3) is 4.39. The highest BCUT2D eigenvalue weighted by atomic mass is 35.5. The van der Waals surface area contributed by atoms with Crippen molar-refractivity contribution in [2.45, 2.75) is 45.6 Å². The smallest absolute Gasteiger partial charge is 0.0642 e. The van der Waals surface area contributed by atoms with Gasteiger partial charge in [-0.3, -0.25) is 0 Å². The summed E-state index contributed by atoms with van der Waals surface area (Å²) in [5.74, 6) is 0. The van der Waals surface area contributed by atoms with Gasteiger partial charge in [-0.15, -0.1) is 0 Å². The fourth-order valence-corrected chi connectivity index (χ4v) is 3.00. The third-order valence-corrected chi connectivity index (χ3v) is 4.09. The number of anilines is 1. The van der Waals surface area contributed by atoms with Crippen LogP contribution in [0.5, 0.6) is 0 Å². The van der Waals surface area contributed by atoms with Crippen molar-refractivity contribution in [3.8, 4) is 0 Å². The minimum atomic E-state index is 0.899. The van der Waals surface area contributed by atoms with Crippen LogP contribution >= 0.6 is 11.6 Å².